The van der Waals surface area contributed by atoms with Crippen LogP contribution >= 0.6 is 0 Å². The van der Waals surface area contributed by atoms with E-state index in [1.54, 1.807) is 6.92 Å². The Morgan fingerprint density at radius 2 is 1.67 bits per heavy atom. The standard InChI is InChI=1S/C12H22O6/c1-8(15-4)12(18-10(3)14)6-11(16-5)7-17-9(2)13/h8,11-12H,6-7H2,1-5H3. The number of esters is 2. The average molecular weight is 262 g/mol. The molecule has 0 aliphatic carbocycles. The highest BCUT2D eigenvalue weighted by Gasteiger charge is 2.25. The summed E-state index contributed by atoms with van der Waals surface area (Å²) in [5, 5.41) is 0. The van der Waals surface area contributed by atoms with Crippen LogP contribution in [-0.2, 0) is 28.5 Å². The summed E-state index contributed by atoms with van der Waals surface area (Å²) in [6.07, 6.45) is -0.633. The zero-order valence-corrected chi connectivity index (χ0v) is 11.6. The van der Waals surface area contributed by atoms with Gasteiger partial charge in [0, 0.05) is 34.5 Å². The third-order valence-corrected chi connectivity index (χ3v) is 2.51. The zero-order chi connectivity index (χ0) is 14.1. The highest BCUT2D eigenvalue weighted by molar-refractivity contribution is 5.66. The van der Waals surface area contributed by atoms with Gasteiger partial charge in [0.1, 0.15) is 12.7 Å². The van der Waals surface area contributed by atoms with Crippen LogP contribution in [0.1, 0.15) is 27.2 Å². The van der Waals surface area contributed by atoms with E-state index in [0.29, 0.717) is 6.42 Å². The lowest BCUT2D eigenvalue weighted by molar-refractivity contribution is -0.158. The molecule has 0 saturated carbocycles. The quantitative estimate of drug-likeness (QED) is 0.606. The van der Waals surface area contributed by atoms with Crippen molar-refractivity contribution in [3.63, 3.8) is 0 Å². The van der Waals surface area contributed by atoms with E-state index in [9.17, 15) is 9.59 Å². The fourth-order valence-electron chi connectivity index (χ4n) is 1.40. The van der Waals surface area contributed by atoms with Crippen molar-refractivity contribution < 1.29 is 28.5 Å². The molecule has 0 spiro atoms. The molecule has 0 amide bonds. The van der Waals surface area contributed by atoms with Gasteiger partial charge in [0.25, 0.3) is 0 Å². The number of hydrogen-bond acceptors (Lipinski definition) is 6. The number of ether oxygens (including phenoxy) is 4. The summed E-state index contributed by atoms with van der Waals surface area (Å²) in [5.74, 6) is -0.757. The van der Waals surface area contributed by atoms with E-state index < -0.39 is 6.10 Å². The predicted molar refractivity (Wildman–Crippen MR) is 64.1 cm³/mol. The summed E-state index contributed by atoms with van der Waals surface area (Å²) in [4.78, 5) is 21.7. The molecule has 0 aromatic rings. The highest BCUT2D eigenvalue weighted by Crippen LogP contribution is 2.13. The fraction of sp³-hybridized carbons (Fsp3) is 0.833. The maximum atomic E-state index is 11.0. The summed E-state index contributed by atoms with van der Waals surface area (Å²) < 4.78 is 20.4. The summed E-state index contributed by atoms with van der Waals surface area (Å²) in [6.45, 7) is 4.59. The van der Waals surface area contributed by atoms with Crippen LogP contribution in [0.5, 0.6) is 0 Å². The number of hydrogen-bond donors (Lipinski definition) is 0. The van der Waals surface area contributed by atoms with Gasteiger partial charge >= 0.3 is 11.9 Å². The van der Waals surface area contributed by atoms with Gasteiger partial charge in [-0.2, -0.15) is 0 Å². The Morgan fingerprint density at radius 3 is 2.06 bits per heavy atom. The van der Waals surface area contributed by atoms with Crippen molar-refractivity contribution >= 4 is 11.9 Å². The lowest BCUT2D eigenvalue weighted by Crippen LogP contribution is -2.35. The van der Waals surface area contributed by atoms with Crippen LogP contribution in [-0.4, -0.2) is 51.1 Å². The van der Waals surface area contributed by atoms with Crippen molar-refractivity contribution in [2.75, 3.05) is 20.8 Å². The summed E-state index contributed by atoms with van der Waals surface area (Å²) in [7, 11) is 3.05. The molecule has 0 N–H and O–H groups in total. The average Bonchev–Trinajstić information content (AvgIpc) is 2.31. The SMILES string of the molecule is COC(COC(C)=O)CC(OC(C)=O)C(C)OC. The van der Waals surface area contributed by atoms with Crippen molar-refractivity contribution in [2.45, 2.75) is 45.5 Å². The number of carbonyl (C=O) groups is 2. The van der Waals surface area contributed by atoms with Gasteiger partial charge in [0.2, 0.25) is 0 Å². The molecule has 0 radical (unpaired) electrons. The molecule has 3 unspecified atom stereocenters. The van der Waals surface area contributed by atoms with E-state index in [1.165, 1.54) is 28.1 Å². The van der Waals surface area contributed by atoms with Gasteiger partial charge in [-0.1, -0.05) is 0 Å². The minimum atomic E-state index is -0.437. The lowest BCUT2D eigenvalue weighted by Gasteiger charge is -2.26. The Kier molecular flexibility index (Phi) is 8.32. The van der Waals surface area contributed by atoms with Crippen molar-refractivity contribution in [3.8, 4) is 0 Å². The second kappa shape index (κ2) is 8.88. The Balaban J connectivity index is 4.41. The third-order valence-electron chi connectivity index (χ3n) is 2.51. The summed E-state index contributed by atoms with van der Waals surface area (Å²) in [5.41, 5.74) is 0. The topological polar surface area (TPSA) is 71.1 Å². The molecule has 3 atom stereocenters. The number of rotatable bonds is 8. The Morgan fingerprint density at radius 1 is 1.06 bits per heavy atom. The summed E-state index contributed by atoms with van der Waals surface area (Å²) >= 11 is 0. The lowest BCUT2D eigenvalue weighted by atomic mass is 10.1. The molecular weight excluding hydrogens is 240 g/mol. The molecule has 6 heteroatoms. The van der Waals surface area contributed by atoms with Gasteiger partial charge in [-0.3, -0.25) is 9.59 Å². The van der Waals surface area contributed by atoms with E-state index in [0.717, 1.165) is 0 Å². The normalized spacial score (nSPS) is 15.6. The van der Waals surface area contributed by atoms with Gasteiger partial charge in [-0.25, -0.2) is 0 Å². The number of carbonyl (C=O) groups excluding carboxylic acids is 2. The highest BCUT2D eigenvalue weighted by atomic mass is 16.6. The van der Waals surface area contributed by atoms with Gasteiger partial charge in [0.05, 0.1) is 12.2 Å². The minimum Gasteiger partial charge on any atom is -0.463 e. The molecule has 0 aliphatic rings. The Bertz CT molecular complexity index is 265. The van der Waals surface area contributed by atoms with Gasteiger partial charge in [0.15, 0.2) is 0 Å². The maximum absolute atomic E-state index is 11.0. The monoisotopic (exact) mass is 262 g/mol. The molecule has 0 heterocycles. The van der Waals surface area contributed by atoms with Crippen LogP contribution in [0.2, 0.25) is 0 Å². The van der Waals surface area contributed by atoms with Crippen molar-refractivity contribution in [1.29, 1.82) is 0 Å². The van der Waals surface area contributed by atoms with Crippen LogP contribution in [0.25, 0.3) is 0 Å². The zero-order valence-electron chi connectivity index (χ0n) is 11.6. The largest absolute Gasteiger partial charge is 0.463 e. The van der Waals surface area contributed by atoms with Gasteiger partial charge in [-0.15, -0.1) is 0 Å². The van der Waals surface area contributed by atoms with E-state index in [2.05, 4.69) is 0 Å². The first-order chi connectivity index (χ1) is 8.40. The molecule has 0 aromatic carbocycles. The minimum absolute atomic E-state index is 0.125. The smallest absolute Gasteiger partial charge is 0.302 e. The Labute approximate surface area is 108 Å². The Hall–Kier alpha value is -1.14. The van der Waals surface area contributed by atoms with Crippen molar-refractivity contribution in [3.05, 3.63) is 0 Å². The van der Waals surface area contributed by atoms with Crippen molar-refractivity contribution in [1.82, 2.24) is 0 Å². The second-order valence-electron chi connectivity index (χ2n) is 3.98. The van der Waals surface area contributed by atoms with Gasteiger partial charge < -0.3 is 18.9 Å². The molecule has 0 rings (SSSR count). The van der Waals surface area contributed by atoms with Crippen LogP contribution in [0.15, 0.2) is 0 Å². The van der Waals surface area contributed by atoms with E-state index in [1.807, 2.05) is 0 Å². The molecule has 0 aliphatic heterocycles. The molecule has 18 heavy (non-hydrogen) atoms. The first kappa shape index (κ1) is 16.9. The van der Waals surface area contributed by atoms with Gasteiger partial charge in [-0.05, 0) is 6.92 Å². The number of methoxy groups -OCH3 is 2. The summed E-state index contributed by atoms with van der Waals surface area (Å²) in [6, 6.07) is 0. The molecule has 106 valence electrons. The fourth-order valence-corrected chi connectivity index (χ4v) is 1.40. The van der Waals surface area contributed by atoms with Crippen LogP contribution in [0.3, 0.4) is 0 Å². The van der Waals surface area contributed by atoms with E-state index in [4.69, 9.17) is 18.9 Å². The van der Waals surface area contributed by atoms with E-state index >= 15 is 0 Å². The molecule has 0 fully saturated rings. The van der Waals surface area contributed by atoms with Crippen LogP contribution in [0, 0.1) is 0 Å². The first-order valence-corrected chi connectivity index (χ1v) is 5.76. The third kappa shape index (κ3) is 7.24. The molecular formula is C12H22O6. The van der Waals surface area contributed by atoms with E-state index in [-0.39, 0.29) is 30.8 Å². The molecule has 0 saturated heterocycles. The van der Waals surface area contributed by atoms with Crippen LogP contribution in [0.4, 0.5) is 0 Å². The van der Waals surface area contributed by atoms with Crippen molar-refractivity contribution in [2.24, 2.45) is 0 Å². The molecule has 0 aromatic heterocycles. The van der Waals surface area contributed by atoms with Crippen LogP contribution < -0.4 is 0 Å². The molecule has 6 nitrogen and oxygen atoms in total. The second-order valence-corrected chi connectivity index (χ2v) is 3.98. The predicted octanol–water partition coefficient (Wildman–Crippen LogP) is 0.921. The maximum Gasteiger partial charge on any atom is 0.302 e. The molecule has 0 bridgehead atoms. The first-order valence-electron chi connectivity index (χ1n) is 5.76.